The molecule has 0 rings (SSSR count). The summed E-state index contributed by atoms with van der Waals surface area (Å²) in [6, 6.07) is 0. The van der Waals surface area contributed by atoms with E-state index in [9.17, 15) is 22.7 Å². The van der Waals surface area contributed by atoms with Crippen LogP contribution < -0.4 is 0 Å². The minimum atomic E-state index is -2.44. The Balaban J connectivity index is 4.51. The first kappa shape index (κ1) is 11.3. The molecule has 0 aromatic rings. The van der Waals surface area contributed by atoms with Crippen molar-refractivity contribution in [3.63, 3.8) is 0 Å². The van der Waals surface area contributed by atoms with E-state index in [4.69, 9.17) is 0 Å². The predicted octanol–water partition coefficient (Wildman–Crippen LogP) is 1.48. The molecule has 0 aromatic carbocycles. The van der Waals surface area contributed by atoms with Crippen LogP contribution in [0.2, 0.25) is 0 Å². The molecule has 0 aliphatic rings. The maximum absolute atomic E-state index is 11.9. The van der Waals surface area contributed by atoms with Crippen molar-refractivity contribution in [2.45, 2.75) is 19.4 Å². The highest BCUT2D eigenvalue weighted by Crippen LogP contribution is 2.19. The summed E-state index contributed by atoms with van der Waals surface area (Å²) in [6.45, 7) is 0.243. The number of Topliss-reactive ketones (excluding diaryl/α,β-unsaturated/α-hetero) is 1. The highest BCUT2D eigenvalue weighted by atomic mass is 19.4. The third-order valence-electron chi connectivity index (χ3n) is 1.56. The molecule has 3 nitrogen and oxygen atoms in total. The van der Waals surface area contributed by atoms with E-state index in [1.165, 1.54) is 0 Å². The lowest BCUT2D eigenvalue weighted by molar-refractivity contribution is -0.256. The average Bonchev–Trinajstić information content (AvgIpc) is 1.84. The van der Waals surface area contributed by atoms with Crippen LogP contribution in [-0.2, 0) is 4.79 Å². The van der Waals surface area contributed by atoms with Gasteiger partial charge in [0.15, 0.2) is 11.3 Å². The SMILES string of the molecule is CC(=O)C(C)(CN(F)F)N(F)F. The van der Waals surface area contributed by atoms with Crippen molar-refractivity contribution in [1.29, 1.82) is 0 Å². The quantitative estimate of drug-likeness (QED) is 0.493. The van der Waals surface area contributed by atoms with Gasteiger partial charge < -0.3 is 0 Å². The Kier molecular flexibility index (Phi) is 3.59. The van der Waals surface area contributed by atoms with E-state index >= 15 is 0 Å². The zero-order chi connectivity index (χ0) is 9.94. The fourth-order valence-corrected chi connectivity index (χ4v) is 0.517. The predicted molar refractivity (Wildman–Crippen MR) is 32.1 cm³/mol. The first-order valence-electron chi connectivity index (χ1n) is 3.02. The zero-order valence-electron chi connectivity index (χ0n) is 6.52. The summed E-state index contributed by atoms with van der Waals surface area (Å²) in [5.74, 6) is -1.02. The second-order valence-corrected chi connectivity index (χ2v) is 2.52. The molecule has 0 amide bonds. The monoisotopic (exact) mass is 188 g/mol. The van der Waals surface area contributed by atoms with Crippen LogP contribution in [0.15, 0.2) is 0 Å². The van der Waals surface area contributed by atoms with E-state index in [0.717, 1.165) is 13.8 Å². The third kappa shape index (κ3) is 2.42. The summed E-state index contributed by atoms with van der Waals surface area (Å²) in [4.78, 5) is 10.6. The minimum absolute atomic E-state index is 0.738. The van der Waals surface area contributed by atoms with Gasteiger partial charge in [-0.1, -0.05) is 0 Å². The molecule has 0 bridgehead atoms. The van der Waals surface area contributed by atoms with Crippen LogP contribution in [0, 0.1) is 0 Å². The molecule has 1 atom stereocenters. The number of rotatable bonds is 4. The first-order valence-corrected chi connectivity index (χ1v) is 3.02. The molecule has 0 aliphatic carbocycles. The summed E-state index contributed by atoms with van der Waals surface area (Å²) in [5.41, 5.74) is -2.44. The van der Waals surface area contributed by atoms with Gasteiger partial charge >= 0.3 is 0 Å². The molecule has 0 fully saturated rings. The fraction of sp³-hybridized carbons (Fsp3) is 0.800. The molecule has 0 aromatic heterocycles. The standard InChI is InChI=1S/C5H8F4N2O/c1-4(12)5(2,11(8)9)3-10(6)7/h3H2,1-2H3. The molecule has 7 heteroatoms. The molecule has 0 saturated carbocycles. The number of carbonyl (C=O) groups is 1. The maximum Gasteiger partial charge on any atom is 0.157 e. The molecule has 72 valence electrons. The molecule has 0 heterocycles. The Hall–Kier alpha value is -0.690. The van der Waals surface area contributed by atoms with Crippen molar-refractivity contribution < 1.29 is 22.7 Å². The molecule has 1 unspecified atom stereocenters. The zero-order valence-corrected chi connectivity index (χ0v) is 6.52. The summed E-state index contributed by atoms with van der Waals surface area (Å²) in [6.07, 6.45) is 0. The third-order valence-corrected chi connectivity index (χ3v) is 1.56. The lowest BCUT2D eigenvalue weighted by Gasteiger charge is -2.25. The van der Waals surface area contributed by atoms with Gasteiger partial charge in [-0.15, -0.1) is 17.9 Å². The number of hydrogen-bond acceptors (Lipinski definition) is 3. The van der Waals surface area contributed by atoms with Crippen molar-refractivity contribution in [1.82, 2.24) is 10.7 Å². The Morgan fingerprint density at radius 3 is 1.83 bits per heavy atom. The van der Waals surface area contributed by atoms with Gasteiger partial charge in [0, 0.05) is 10.7 Å². The first-order chi connectivity index (χ1) is 5.30. The van der Waals surface area contributed by atoms with Gasteiger partial charge in [0.25, 0.3) is 0 Å². The highest BCUT2D eigenvalue weighted by Gasteiger charge is 2.41. The normalized spacial score (nSPS) is 16.7. The van der Waals surface area contributed by atoms with Crippen LogP contribution >= 0.6 is 0 Å². The highest BCUT2D eigenvalue weighted by molar-refractivity contribution is 5.85. The number of hydrogen-bond donors (Lipinski definition) is 0. The van der Waals surface area contributed by atoms with E-state index in [2.05, 4.69) is 0 Å². The van der Waals surface area contributed by atoms with E-state index < -0.39 is 28.6 Å². The Morgan fingerprint density at radius 1 is 1.33 bits per heavy atom. The molecular weight excluding hydrogens is 180 g/mol. The summed E-state index contributed by atoms with van der Waals surface area (Å²) >= 11 is 0. The van der Waals surface area contributed by atoms with E-state index in [1.807, 2.05) is 0 Å². The van der Waals surface area contributed by atoms with Crippen LogP contribution in [-0.4, -0.2) is 28.6 Å². The van der Waals surface area contributed by atoms with Crippen molar-refractivity contribution in [2.24, 2.45) is 0 Å². The average molecular weight is 188 g/mol. The number of ketones is 1. The smallest absolute Gasteiger partial charge is 0.157 e. The lowest BCUT2D eigenvalue weighted by Crippen LogP contribution is -2.49. The Bertz CT molecular complexity index is 175. The van der Waals surface area contributed by atoms with Gasteiger partial charge in [0.05, 0.1) is 6.54 Å². The van der Waals surface area contributed by atoms with Gasteiger partial charge in [-0.3, -0.25) is 4.79 Å². The lowest BCUT2D eigenvalue weighted by atomic mass is 9.99. The minimum Gasteiger partial charge on any atom is -0.298 e. The molecule has 0 spiro atoms. The topological polar surface area (TPSA) is 23.6 Å². The van der Waals surface area contributed by atoms with E-state index in [-0.39, 0.29) is 0 Å². The number of halogens is 4. The van der Waals surface area contributed by atoms with Crippen LogP contribution in [0.1, 0.15) is 13.8 Å². The van der Waals surface area contributed by atoms with Crippen molar-refractivity contribution in [3.8, 4) is 0 Å². The van der Waals surface area contributed by atoms with E-state index in [1.54, 1.807) is 0 Å². The summed E-state index contributed by atoms with van der Waals surface area (Å²) in [5, 5.41) is -2.96. The van der Waals surface area contributed by atoms with Gasteiger partial charge in [-0.2, -0.15) is 0 Å². The van der Waals surface area contributed by atoms with Gasteiger partial charge in [-0.25, -0.2) is 0 Å². The maximum atomic E-state index is 11.9. The number of nitrogens with zero attached hydrogens (tertiary/aromatic N) is 2. The molecule has 0 radical (unpaired) electrons. The summed E-state index contributed by atoms with van der Waals surface area (Å²) < 4.78 is 47.0. The number of carbonyl (C=O) groups excluding carboxylic acids is 1. The van der Waals surface area contributed by atoms with Gasteiger partial charge in [0.1, 0.15) is 0 Å². The van der Waals surface area contributed by atoms with Crippen LogP contribution in [0.5, 0.6) is 0 Å². The van der Waals surface area contributed by atoms with Crippen molar-refractivity contribution in [3.05, 3.63) is 0 Å². The Morgan fingerprint density at radius 2 is 1.75 bits per heavy atom. The molecule has 0 aliphatic heterocycles. The Labute approximate surface area is 66.3 Å². The molecular formula is C5H8F4N2O. The second-order valence-electron chi connectivity index (χ2n) is 2.52. The van der Waals surface area contributed by atoms with Gasteiger partial charge in [0.2, 0.25) is 0 Å². The summed E-state index contributed by atoms with van der Waals surface area (Å²) in [7, 11) is 0. The van der Waals surface area contributed by atoms with Crippen molar-refractivity contribution >= 4 is 5.78 Å². The molecule has 0 saturated heterocycles. The van der Waals surface area contributed by atoms with Crippen LogP contribution in [0.4, 0.5) is 17.9 Å². The van der Waals surface area contributed by atoms with Crippen LogP contribution in [0.25, 0.3) is 0 Å². The fourth-order valence-electron chi connectivity index (χ4n) is 0.517. The van der Waals surface area contributed by atoms with Crippen LogP contribution in [0.3, 0.4) is 0 Å². The van der Waals surface area contributed by atoms with E-state index in [0.29, 0.717) is 0 Å². The second kappa shape index (κ2) is 3.81. The molecule has 12 heavy (non-hydrogen) atoms. The van der Waals surface area contributed by atoms with Gasteiger partial charge in [-0.05, 0) is 13.8 Å². The van der Waals surface area contributed by atoms with Crippen molar-refractivity contribution in [2.75, 3.05) is 6.54 Å². The molecule has 0 N–H and O–H groups in total. The largest absolute Gasteiger partial charge is 0.298 e.